The molecule has 1 heterocycles. The molecule has 0 aliphatic carbocycles. The van der Waals surface area contributed by atoms with Crippen LogP contribution in [-0.2, 0) is 6.61 Å². The van der Waals surface area contributed by atoms with Gasteiger partial charge in [-0.05, 0) is 43.2 Å². The molecule has 0 amide bonds. The lowest BCUT2D eigenvalue weighted by molar-refractivity contribution is 0.284. The molecule has 0 saturated carbocycles. The summed E-state index contributed by atoms with van der Waals surface area (Å²) in [4.78, 5) is 0. The van der Waals surface area contributed by atoms with Crippen molar-refractivity contribution in [2.75, 3.05) is 7.11 Å². The summed E-state index contributed by atoms with van der Waals surface area (Å²) in [6.07, 6.45) is 1.74. The number of hydrogen-bond donors (Lipinski definition) is 0. The van der Waals surface area contributed by atoms with E-state index in [-0.39, 0.29) is 0 Å². The second kappa shape index (κ2) is 7.61. The molecular weight excluding hydrogens is 316 g/mol. The maximum absolute atomic E-state index is 5.86. The summed E-state index contributed by atoms with van der Waals surface area (Å²) in [7, 11) is 1.62. The third-order valence-electron chi connectivity index (χ3n) is 3.70. The Morgan fingerprint density at radius 2 is 1.72 bits per heavy atom. The molecule has 3 rings (SSSR count). The van der Waals surface area contributed by atoms with Crippen LogP contribution in [0.1, 0.15) is 22.8 Å². The quantitative estimate of drug-likeness (QED) is 0.648. The van der Waals surface area contributed by atoms with E-state index < -0.39 is 0 Å². The molecule has 1 aromatic heterocycles. The van der Waals surface area contributed by atoms with Crippen molar-refractivity contribution < 1.29 is 9.47 Å². The lowest BCUT2D eigenvalue weighted by atomic mass is 10.2. The average Bonchev–Trinajstić information content (AvgIpc) is 2.97. The highest BCUT2D eigenvalue weighted by molar-refractivity contribution is 5.80. The maximum Gasteiger partial charge on any atom is 0.161 e. The van der Waals surface area contributed by atoms with Gasteiger partial charge in [0, 0.05) is 0 Å². The van der Waals surface area contributed by atoms with Crippen LogP contribution in [-0.4, -0.2) is 28.2 Å². The second-order valence-corrected chi connectivity index (χ2v) is 5.54. The van der Waals surface area contributed by atoms with E-state index in [9.17, 15) is 0 Å². The summed E-state index contributed by atoms with van der Waals surface area (Å²) in [5, 5.41) is 12.4. The summed E-state index contributed by atoms with van der Waals surface area (Å²) in [5.41, 5.74) is 2.00. The van der Waals surface area contributed by atoms with Gasteiger partial charge in [-0.3, -0.25) is 0 Å². The maximum atomic E-state index is 5.86. The lowest BCUT2D eigenvalue weighted by Crippen LogP contribution is -1.99. The fraction of sp³-hybridized carbons (Fsp3) is 0.211. The molecule has 3 aromatic rings. The minimum absolute atomic E-state index is 0.490. The predicted octanol–water partition coefficient (Wildman–Crippen LogP) is 3.36. The first-order valence-electron chi connectivity index (χ1n) is 7.95. The Kier molecular flexibility index (Phi) is 5.09. The van der Waals surface area contributed by atoms with Gasteiger partial charge < -0.3 is 9.47 Å². The van der Waals surface area contributed by atoms with Gasteiger partial charge in [0.05, 0.1) is 13.3 Å². The molecule has 0 atom stereocenters. The Morgan fingerprint density at radius 1 is 1.00 bits per heavy atom. The molecule has 128 valence electrons. The summed E-state index contributed by atoms with van der Waals surface area (Å²) in [6, 6.07) is 15.7. The van der Waals surface area contributed by atoms with E-state index in [1.54, 1.807) is 18.0 Å². The van der Waals surface area contributed by atoms with Crippen molar-refractivity contribution in [2.45, 2.75) is 20.5 Å². The van der Waals surface area contributed by atoms with Crippen LogP contribution in [0.3, 0.4) is 0 Å². The number of aromatic nitrogens is 3. The van der Waals surface area contributed by atoms with E-state index in [1.807, 2.05) is 62.4 Å². The summed E-state index contributed by atoms with van der Waals surface area (Å²) < 4.78 is 13.0. The van der Waals surface area contributed by atoms with Crippen molar-refractivity contribution in [1.82, 2.24) is 14.9 Å². The largest absolute Gasteiger partial charge is 0.493 e. The number of methoxy groups -OCH3 is 1. The second-order valence-electron chi connectivity index (χ2n) is 5.54. The van der Waals surface area contributed by atoms with Crippen molar-refractivity contribution in [3.63, 3.8) is 0 Å². The van der Waals surface area contributed by atoms with Crippen LogP contribution in [0.2, 0.25) is 0 Å². The molecule has 0 spiro atoms. The predicted molar refractivity (Wildman–Crippen MR) is 96.3 cm³/mol. The van der Waals surface area contributed by atoms with Gasteiger partial charge >= 0.3 is 0 Å². The fourth-order valence-corrected chi connectivity index (χ4v) is 2.37. The Morgan fingerprint density at radius 3 is 2.40 bits per heavy atom. The van der Waals surface area contributed by atoms with Crippen LogP contribution >= 0.6 is 0 Å². The van der Waals surface area contributed by atoms with Gasteiger partial charge in [0.1, 0.15) is 6.61 Å². The van der Waals surface area contributed by atoms with Crippen LogP contribution < -0.4 is 9.47 Å². The number of rotatable bonds is 6. The Bertz CT molecular complexity index is 853. The number of nitrogens with zero attached hydrogens (tertiary/aromatic N) is 4. The first-order chi connectivity index (χ1) is 12.2. The molecule has 0 fully saturated rings. The van der Waals surface area contributed by atoms with Crippen molar-refractivity contribution in [1.29, 1.82) is 0 Å². The Balaban J connectivity index is 1.75. The summed E-state index contributed by atoms with van der Waals surface area (Å²) in [5.74, 6) is 2.84. The third-order valence-corrected chi connectivity index (χ3v) is 3.70. The monoisotopic (exact) mass is 336 g/mol. The summed E-state index contributed by atoms with van der Waals surface area (Å²) >= 11 is 0. The van der Waals surface area contributed by atoms with Crippen LogP contribution in [0.25, 0.3) is 0 Å². The van der Waals surface area contributed by atoms with Gasteiger partial charge in [-0.1, -0.05) is 30.3 Å². The van der Waals surface area contributed by atoms with Crippen molar-refractivity contribution in [3.8, 4) is 11.5 Å². The molecule has 0 N–H and O–H groups in total. The first kappa shape index (κ1) is 16.7. The van der Waals surface area contributed by atoms with Gasteiger partial charge in [0.2, 0.25) is 0 Å². The topological polar surface area (TPSA) is 61.5 Å². The zero-order chi connectivity index (χ0) is 17.6. The van der Waals surface area contributed by atoms with Crippen molar-refractivity contribution in [3.05, 3.63) is 71.3 Å². The molecule has 0 unspecified atom stereocenters. The molecule has 0 aliphatic rings. The standard InChI is InChI=1S/C19H20N4O2/c1-14-21-22-15(2)23(14)20-12-17-9-10-18(19(11-17)24-3)25-13-16-7-5-4-6-8-16/h4-12H,13H2,1-3H3/b20-12-. The van der Waals surface area contributed by atoms with E-state index in [0.717, 1.165) is 22.8 Å². The Hall–Kier alpha value is -3.15. The van der Waals surface area contributed by atoms with Gasteiger partial charge in [-0.25, -0.2) is 4.68 Å². The molecule has 6 heteroatoms. The van der Waals surface area contributed by atoms with E-state index in [0.29, 0.717) is 18.1 Å². The minimum atomic E-state index is 0.490. The molecule has 25 heavy (non-hydrogen) atoms. The number of aryl methyl sites for hydroxylation is 2. The molecule has 2 aromatic carbocycles. The van der Waals surface area contributed by atoms with Crippen molar-refractivity contribution >= 4 is 6.21 Å². The number of hydrogen-bond acceptors (Lipinski definition) is 5. The number of benzene rings is 2. The normalized spacial score (nSPS) is 11.0. The highest BCUT2D eigenvalue weighted by Crippen LogP contribution is 2.28. The SMILES string of the molecule is COc1cc(/C=N\n2c(C)nnc2C)ccc1OCc1ccccc1. The van der Waals surface area contributed by atoms with E-state index in [1.165, 1.54) is 0 Å². The van der Waals surface area contributed by atoms with Crippen LogP contribution in [0.5, 0.6) is 11.5 Å². The summed E-state index contributed by atoms with van der Waals surface area (Å²) in [6.45, 7) is 4.21. The van der Waals surface area contributed by atoms with Crippen LogP contribution in [0.15, 0.2) is 53.6 Å². The highest BCUT2D eigenvalue weighted by Gasteiger charge is 2.06. The van der Waals surface area contributed by atoms with Crippen molar-refractivity contribution in [2.24, 2.45) is 5.10 Å². The van der Waals surface area contributed by atoms with E-state index in [2.05, 4.69) is 15.3 Å². The first-order valence-corrected chi connectivity index (χ1v) is 7.95. The molecule has 0 saturated heterocycles. The van der Waals surface area contributed by atoms with Crippen LogP contribution in [0, 0.1) is 13.8 Å². The zero-order valence-electron chi connectivity index (χ0n) is 14.5. The third kappa shape index (κ3) is 4.03. The average molecular weight is 336 g/mol. The molecule has 0 aliphatic heterocycles. The van der Waals surface area contributed by atoms with Gasteiger partial charge in [0.25, 0.3) is 0 Å². The van der Waals surface area contributed by atoms with Gasteiger partial charge in [-0.15, -0.1) is 10.2 Å². The molecule has 6 nitrogen and oxygen atoms in total. The zero-order valence-corrected chi connectivity index (χ0v) is 14.5. The highest BCUT2D eigenvalue weighted by atomic mass is 16.5. The number of ether oxygens (including phenoxy) is 2. The molecule has 0 radical (unpaired) electrons. The van der Waals surface area contributed by atoms with Gasteiger partial charge in [0.15, 0.2) is 23.1 Å². The van der Waals surface area contributed by atoms with E-state index in [4.69, 9.17) is 9.47 Å². The smallest absolute Gasteiger partial charge is 0.161 e. The van der Waals surface area contributed by atoms with E-state index >= 15 is 0 Å². The Labute approximate surface area is 146 Å². The fourth-order valence-electron chi connectivity index (χ4n) is 2.37. The lowest BCUT2D eigenvalue weighted by Gasteiger charge is -2.11. The van der Waals surface area contributed by atoms with Gasteiger partial charge in [-0.2, -0.15) is 5.10 Å². The van der Waals surface area contributed by atoms with Crippen LogP contribution in [0.4, 0.5) is 0 Å². The minimum Gasteiger partial charge on any atom is -0.493 e. The molecular formula is C19H20N4O2. The molecule has 0 bridgehead atoms.